The van der Waals surface area contributed by atoms with Crippen LogP contribution in [0.3, 0.4) is 0 Å². The van der Waals surface area contributed by atoms with E-state index >= 15 is 0 Å². The van der Waals surface area contributed by atoms with Gasteiger partial charge in [-0.15, -0.1) is 24.8 Å². The molecule has 7 heteroatoms. The van der Waals surface area contributed by atoms with Crippen LogP contribution in [0.5, 0.6) is 0 Å². The van der Waals surface area contributed by atoms with Crippen molar-refractivity contribution in [1.29, 1.82) is 0 Å². The summed E-state index contributed by atoms with van der Waals surface area (Å²) in [5.41, 5.74) is 2.10. The number of benzene rings is 1. The van der Waals surface area contributed by atoms with Crippen LogP contribution in [-0.2, 0) is 0 Å². The van der Waals surface area contributed by atoms with Gasteiger partial charge in [0.15, 0.2) is 0 Å². The fourth-order valence-corrected chi connectivity index (χ4v) is 2.71. The van der Waals surface area contributed by atoms with Gasteiger partial charge in [-0.3, -0.25) is 4.90 Å². The highest BCUT2D eigenvalue weighted by Crippen LogP contribution is 2.38. The molecule has 0 bridgehead atoms. The topological polar surface area (TPSA) is 15.3 Å². The lowest BCUT2D eigenvalue weighted by Crippen LogP contribution is -2.49. The summed E-state index contributed by atoms with van der Waals surface area (Å²) in [5.74, 6) is 0. The van der Waals surface area contributed by atoms with Crippen LogP contribution in [0.25, 0.3) is 0 Å². The number of halogens is 5. The van der Waals surface area contributed by atoms with Gasteiger partial charge < -0.3 is 5.32 Å². The molecule has 0 saturated carbocycles. The summed E-state index contributed by atoms with van der Waals surface area (Å²) in [6, 6.07) is 3.70. The highest BCUT2D eigenvalue weighted by Gasteiger charge is 2.44. The zero-order valence-electron chi connectivity index (χ0n) is 12.0. The fraction of sp³-hybridized carbons (Fsp3) is 0.571. The van der Waals surface area contributed by atoms with Gasteiger partial charge in [0.1, 0.15) is 6.04 Å². The van der Waals surface area contributed by atoms with Crippen molar-refractivity contribution in [2.24, 2.45) is 0 Å². The maximum atomic E-state index is 13.4. The van der Waals surface area contributed by atoms with Gasteiger partial charge in [-0.05, 0) is 19.4 Å². The summed E-state index contributed by atoms with van der Waals surface area (Å²) in [7, 11) is 0. The van der Waals surface area contributed by atoms with Crippen molar-refractivity contribution in [3.8, 4) is 0 Å². The summed E-state index contributed by atoms with van der Waals surface area (Å²) in [5, 5.41) is 3.09. The Balaban J connectivity index is 0.00000200. The molecule has 21 heavy (non-hydrogen) atoms. The van der Waals surface area contributed by atoms with Crippen molar-refractivity contribution < 1.29 is 13.2 Å². The third kappa shape index (κ3) is 5.33. The number of hydrogen-bond acceptors (Lipinski definition) is 2. The molecule has 1 aliphatic heterocycles. The molecule has 1 atom stereocenters. The van der Waals surface area contributed by atoms with E-state index in [4.69, 9.17) is 0 Å². The van der Waals surface area contributed by atoms with Gasteiger partial charge in [0.2, 0.25) is 0 Å². The Morgan fingerprint density at radius 2 is 1.48 bits per heavy atom. The number of nitrogens with zero attached hydrogens (tertiary/aromatic N) is 1. The van der Waals surface area contributed by atoms with Crippen molar-refractivity contribution in [3.05, 3.63) is 34.9 Å². The Bertz CT molecular complexity index is 426. The molecule has 122 valence electrons. The Morgan fingerprint density at radius 3 is 1.90 bits per heavy atom. The van der Waals surface area contributed by atoms with Gasteiger partial charge in [-0.2, -0.15) is 13.2 Å². The summed E-state index contributed by atoms with van der Waals surface area (Å²) in [6.45, 7) is 5.74. The van der Waals surface area contributed by atoms with Gasteiger partial charge in [0.05, 0.1) is 0 Å². The first kappa shape index (κ1) is 20.5. The zero-order chi connectivity index (χ0) is 14.0. The number of hydrogen-bond donors (Lipinski definition) is 1. The number of nitrogens with one attached hydrogen (secondary N) is 1. The lowest BCUT2D eigenvalue weighted by molar-refractivity contribution is -0.187. The number of aryl methyl sites for hydroxylation is 2. The molecule has 0 spiro atoms. The molecule has 1 heterocycles. The highest BCUT2D eigenvalue weighted by molar-refractivity contribution is 5.85. The molecule has 1 aliphatic rings. The van der Waals surface area contributed by atoms with E-state index in [0.29, 0.717) is 31.7 Å². The molecule has 1 N–H and O–H groups in total. The van der Waals surface area contributed by atoms with Gasteiger partial charge in [0.25, 0.3) is 0 Å². The van der Waals surface area contributed by atoms with Crippen LogP contribution in [-0.4, -0.2) is 37.3 Å². The molecule has 0 radical (unpaired) electrons. The molecule has 2 nitrogen and oxygen atoms in total. The second-order valence-electron chi connectivity index (χ2n) is 5.15. The number of alkyl halides is 3. The van der Waals surface area contributed by atoms with E-state index in [1.54, 1.807) is 12.1 Å². The van der Waals surface area contributed by atoms with E-state index in [0.717, 1.165) is 11.1 Å². The normalized spacial score (nSPS) is 17.6. The molecule has 1 saturated heterocycles. The van der Waals surface area contributed by atoms with Crippen LogP contribution in [0, 0.1) is 13.8 Å². The summed E-state index contributed by atoms with van der Waals surface area (Å²) >= 11 is 0. The maximum absolute atomic E-state index is 13.4. The summed E-state index contributed by atoms with van der Waals surface area (Å²) < 4.78 is 40.2. The van der Waals surface area contributed by atoms with E-state index in [1.807, 2.05) is 19.9 Å². The van der Waals surface area contributed by atoms with Crippen LogP contribution in [0.1, 0.15) is 22.7 Å². The lowest BCUT2D eigenvalue weighted by atomic mass is 9.99. The lowest BCUT2D eigenvalue weighted by Gasteiger charge is -2.36. The van der Waals surface area contributed by atoms with E-state index in [9.17, 15) is 13.2 Å². The van der Waals surface area contributed by atoms with Gasteiger partial charge in [-0.25, -0.2) is 0 Å². The Kier molecular flexibility index (Phi) is 8.03. The molecular formula is C14H21Cl2F3N2. The van der Waals surface area contributed by atoms with Crippen LogP contribution in [0.4, 0.5) is 13.2 Å². The van der Waals surface area contributed by atoms with E-state index in [-0.39, 0.29) is 24.8 Å². The van der Waals surface area contributed by atoms with Crippen molar-refractivity contribution in [2.75, 3.05) is 26.2 Å². The molecule has 1 fully saturated rings. The second kappa shape index (κ2) is 8.22. The Morgan fingerprint density at radius 1 is 1.00 bits per heavy atom. The van der Waals surface area contributed by atoms with E-state index in [1.165, 1.54) is 4.90 Å². The minimum absolute atomic E-state index is 0. The maximum Gasteiger partial charge on any atom is 0.408 e. The molecule has 1 aromatic rings. The van der Waals surface area contributed by atoms with E-state index < -0.39 is 12.2 Å². The first-order chi connectivity index (χ1) is 8.88. The molecule has 0 aromatic heterocycles. The summed E-state index contributed by atoms with van der Waals surface area (Å²) in [6.07, 6.45) is -4.24. The minimum Gasteiger partial charge on any atom is -0.314 e. The summed E-state index contributed by atoms with van der Waals surface area (Å²) in [4.78, 5) is 1.52. The Hall–Kier alpha value is -0.490. The average molecular weight is 345 g/mol. The average Bonchev–Trinajstić information content (AvgIpc) is 2.27. The third-order valence-electron chi connectivity index (χ3n) is 3.39. The highest BCUT2D eigenvalue weighted by atomic mass is 35.5. The molecule has 1 aromatic carbocycles. The van der Waals surface area contributed by atoms with Crippen LogP contribution >= 0.6 is 24.8 Å². The zero-order valence-corrected chi connectivity index (χ0v) is 13.7. The molecule has 0 unspecified atom stereocenters. The van der Waals surface area contributed by atoms with Crippen LogP contribution in [0.15, 0.2) is 18.2 Å². The van der Waals surface area contributed by atoms with Crippen LogP contribution in [0.2, 0.25) is 0 Å². The third-order valence-corrected chi connectivity index (χ3v) is 3.39. The molecule has 0 aliphatic carbocycles. The standard InChI is InChI=1S/C14H19F3N2.2ClH/c1-10-7-11(2)9-12(8-10)13(14(15,16)17)19-5-3-18-4-6-19;;/h7-9,13,18H,3-6H2,1-2H3;2*1H/t13-;;/m0../s1. The van der Waals surface area contributed by atoms with Gasteiger partial charge >= 0.3 is 6.18 Å². The van der Waals surface area contributed by atoms with Crippen molar-refractivity contribution in [2.45, 2.75) is 26.1 Å². The first-order valence-corrected chi connectivity index (χ1v) is 6.47. The number of rotatable bonds is 2. The Labute approximate surface area is 135 Å². The SMILES string of the molecule is Cc1cc(C)cc([C@H](N2CCNCC2)C(F)(F)F)c1.Cl.Cl. The van der Waals surface area contributed by atoms with Crippen molar-refractivity contribution >= 4 is 24.8 Å². The van der Waals surface area contributed by atoms with Gasteiger partial charge in [-0.1, -0.05) is 29.3 Å². The van der Waals surface area contributed by atoms with E-state index in [2.05, 4.69) is 5.32 Å². The fourth-order valence-electron chi connectivity index (χ4n) is 2.71. The smallest absolute Gasteiger partial charge is 0.314 e. The largest absolute Gasteiger partial charge is 0.408 e. The van der Waals surface area contributed by atoms with Crippen molar-refractivity contribution in [3.63, 3.8) is 0 Å². The molecular weight excluding hydrogens is 324 g/mol. The monoisotopic (exact) mass is 344 g/mol. The first-order valence-electron chi connectivity index (χ1n) is 6.47. The molecule has 2 rings (SSSR count). The quantitative estimate of drug-likeness (QED) is 0.880. The predicted molar refractivity (Wildman–Crippen MR) is 83.7 cm³/mol. The minimum atomic E-state index is -4.24. The second-order valence-corrected chi connectivity index (χ2v) is 5.15. The number of piperazine rings is 1. The molecule has 0 amide bonds. The van der Waals surface area contributed by atoms with Gasteiger partial charge in [0, 0.05) is 26.2 Å². The predicted octanol–water partition coefficient (Wildman–Crippen LogP) is 3.66. The van der Waals surface area contributed by atoms with Crippen molar-refractivity contribution in [1.82, 2.24) is 10.2 Å². The van der Waals surface area contributed by atoms with Crippen LogP contribution < -0.4 is 5.32 Å².